The maximum atomic E-state index is 11.7. The molecule has 94 valence electrons. The van der Waals surface area contributed by atoms with Gasteiger partial charge in [0, 0.05) is 19.0 Å². The van der Waals surface area contributed by atoms with Gasteiger partial charge < -0.3 is 11.1 Å². The number of carbonyl (C=O) groups is 1. The van der Waals surface area contributed by atoms with Gasteiger partial charge in [-0.15, -0.1) is 0 Å². The molecule has 1 rings (SSSR count). The highest BCUT2D eigenvalue weighted by Crippen LogP contribution is 2.31. The first-order valence-electron chi connectivity index (χ1n) is 6.75. The molecule has 0 radical (unpaired) electrons. The highest BCUT2D eigenvalue weighted by atomic mass is 16.1. The van der Waals surface area contributed by atoms with Crippen molar-refractivity contribution in [3.8, 4) is 0 Å². The van der Waals surface area contributed by atoms with E-state index in [4.69, 9.17) is 5.73 Å². The van der Waals surface area contributed by atoms with Gasteiger partial charge in [-0.05, 0) is 31.6 Å². The molecule has 3 N–H and O–H groups in total. The van der Waals surface area contributed by atoms with Crippen LogP contribution in [0.1, 0.15) is 51.9 Å². The number of carbonyl (C=O) groups excluding carboxylic acids is 1. The van der Waals surface area contributed by atoms with Crippen LogP contribution in [0.4, 0.5) is 0 Å². The molecule has 0 aromatic heterocycles. The largest absolute Gasteiger partial charge is 0.355 e. The number of nitrogens with one attached hydrogen (secondary N) is 1. The van der Waals surface area contributed by atoms with Gasteiger partial charge in [0.15, 0.2) is 0 Å². The van der Waals surface area contributed by atoms with E-state index < -0.39 is 0 Å². The fourth-order valence-corrected chi connectivity index (χ4v) is 2.55. The average Bonchev–Trinajstić information content (AvgIpc) is 2.34. The van der Waals surface area contributed by atoms with Crippen molar-refractivity contribution in [3.05, 3.63) is 0 Å². The van der Waals surface area contributed by atoms with Crippen LogP contribution in [0.3, 0.4) is 0 Å². The summed E-state index contributed by atoms with van der Waals surface area (Å²) in [6, 6.07) is 0. The Hall–Kier alpha value is -0.570. The maximum Gasteiger partial charge on any atom is 0.223 e. The van der Waals surface area contributed by atoms with Gasteiger partial charge in [0.2, 0.25) is 5.91 Å². The Morgan fingerprint density at radius 2 is 2.00 bits per heavy atom. The predicted molar refractivity (Wildman–Crippen MR) is 67.0 cm³/mol. The zero-order chi connectivity index (χ0) is 11.8. The first-order valence-corrected chi connectivity index (χ1v) is 6.75. The molecule has 0 atom stereocenters. The number of amides is 1. The second-order valence-electron chi connectivity index (χ2n) is 4.94. The summed E-state index contributed by atoms with van der Waals surface area (Å²) in [4.78, 5) is 11.7. The summed E-state index contributed by atoms with van der Waals surface area (Å²) < 4.78 is 0. The van der Waals surface area contributed by atoms with Crippen molar-refractivity contribution >= 4 is 5.91 Å². The molecule has 0 aromatic carbocycles. The Morgan fingerprint density at radius 3 is 2.56 bits per heavy atom. The topological polar surface area (TPSA) is 55.1 Å². The molecule has 1 aliphatic carbocycles. The molecule has 0 spiro atoms. The number of rotatable bonds is 6. The molecule has 3 heteroatoms. The lowest BCUT2D eigenvalue weighted by Gasteiger charge is -2.27. The molecule has 0 saturated heterocycles. The molecule has 0 heterocycles. The quantitative estimate of drug-likeness (QED) is 0.728. The standard InChI is InChI=1S/C13H26N2O/c1-2-3-4-11-5-7-12(8-6-11)13(16)15-10-9-14/h11-12H,2-10,14H2,1H3,(H,15,16). The summed E-state index contributed by atoms with van der Waals surface area (Å²) in [5.41, 5.74) is 5.37. The minimum atomic E-state index is 0.222. The summed E-state index contributed by atoms with van der Waals surface area (Å²) in [7, 11) is 0. The van der Waals surface area contributed by atoms with Gasteiger partial charge in [-0.25, -0.2) is 0 Å². The average molecular weight is 226 g/mol. The monoisotopic (exact) mass is 226 g/mol. The van der Waals surface area contributed by atoms with Crippen molar-refractivity contribution < 1.29 is 4.79 Å². The Balaban J connectivity index is 2.18. The first-order chi connectivity index (χ1) is 7.77. The van der Waals surface area contributed by atoms with Crippen molar-refractivity contribution in [1.29, 1.82) is 0 Å². The van der Waals surface area contributed by atoms with E-state index in [1.807, 2.05) is 0 Å². The number of hydrogen-bond donors (Lipinski definition) is 2. The van der Waals surface area contributed by atoms with Crippen molar-refractivity contribution in [1.82, 2.24) is 5.32 Å². The van der Waals surface area contributed by atoms with Gasteiger partial charge in [0.05, 0.1) is 0 Å². The van der Waals surface area contributed by atoms with Crippen molar-refractivity contribution in [2.45, 2.75) is 51.9 Å². The third-order valence-corrected chi connectivity index (χ3v) is 3.63. The highest BCUT2D eigenvalue weighted by molar-refractivity contribution is 5.78. The van der Waals surface area contributed by atoms with Crippen LogP contribution in [0.2, 0.25) is 0 Å². The summed E-state index contributed by atoms with van der Waals surface area (Å²) in [5.74, 6) is 1.35. The molecular formula is C13H26N2O. The molecule has 0 bridgehead atoms. The number of unbranched alkanes of at least 4 members (excludes halogenated alkanes) is 1. The third kappa shape index (κ3) is 4.52. The number of hydrogen-bond acceptors (Lipinski definition) is 2. The molecule has 0 aliphatic heterocycles. The van der Waals surface area contributed by atoms with Crippen LogP contribution in [0.15, 0.2) is 0 Å². The number of nitrogens with two attached hydrogens (primary N) is 1. The third-order valence-electron chi connectivity index (χ3n) is 3.63. The maximum absolute atomic E-state index is 11.7. The molecule has 1 fully saturated rings. The zero-order valence-electron chi connectivity index (χ0n) is 10.5. The van der Waals surface area contributed by atoms with Crippen molar-refractivity contribution in [2.75, 3.05) is 13.1 Å². The van der Waals surface area contributed by atoms with Crippen LogP contribution in [0.5, 0.6) is 0 Å². The molecular weight excluding hydrogens is 200 g/mol. The van der Waals surface area contributed by atoms with Gasteiger partial charge in [0.1, 0.15) is 0 Å². The lowest BCUT2D eigenvalue weighted by atomic mass is 9.79. The smallest absolute Gasteiger partial charge is 0.223 e. The Kier molecular flexibility index (Phi) is 6.46. The first kappa shape index (κ1) is 13.5. The van der Waals surface area contributed by atoms with Crippen LogP contribution in [0, 0.1) is 11.8 Å². The van der Waals surface area contributed by atoms with Gasteiger partial charge in [-0.2, -0.15) is 0 Å². The molecule has 0 aromatic rings. The van der Waals surface area contributed by atoms with E-state index in [1.54, 1.807) is 0 Å². The fourth-order valence-electron chi connectivity index (χ4n) is 2.55. The molecule has 3 nitrogen and oxygen atoms in total. The Bertz CT molecular complexity index is 198. The van der Waals surface area contributed by atoms with Crippen LogP contribution in [-0.2, 0) is 4.79 Å². The van der Waals surface area contributed by atoms with Gasteiger partial charge in [-0.1, -0.05) is 26.2 Å². The van der Waals surface area contributed by atoms with Crippen molar-refractivity contribution in [2.24, 2.45) is 17.6 Å². The zero-order valence-corrected chi connectivity index (χ0v) is 10.5. The van der Waals surface area contributed by atoms with E-state index in [0.29, 0.717) is 13.1 Å². The van der Waals surface area contributed by atoms with Crippen LogP contribution in [0.25, 0.3) is 0 Å². The molecule has 0 unspecified atom stereocenters. The van der Waals surface area contributed by atoms with Crippen LogP contribution >= 0.6 is 0 Å². The summed E-state index contributed by atoms with van der Waals surface area (Å²) in [6.45, 7) is 3.40. The normalized spacial score (nSPS) is 25.4. The van der Waals surface area contributed by atoms with E-state index >= 15 is 0 Å². The lowest BCUT2D eigenvalue weighted by molar-refractivity contribution is -0.126. The Labute approximate surface area is 99.2 Å². The van der Waals surface area contributed by atoms with Gasteiger partial charge in [-0.3, -0.25) is 4.79 Å². The van der Waals surface area contributed by atoms with E-state index in [1.165, 1.54) is 32.1 Å². The lowest BCUT2D eigenvalue weighted by Crippen LogP contribution is -2.36. The second-order valence-corrected chi connectivity index (χ2v) is 4.94. The minimum absolute atomic E-state index is 0.222. The second kappa shape index (κ2) is 7.66. The predicted octanol–water partition coefficient (Wildman–Crippen LogP) is 2.06. The van der Waals surface area contributed by atoms with E-state index in [0.717, 1.165) is 18.8 Å². The minimum Gasteiger partial charge on any atom is -0.355 e. The fraction of sp³-hybridized carbons (Fsp3) is 0.923. The summed E-state index contributed by atoms with van der Waals surface area (Å²) in [6.07, 6.45) is 8.61. The SMILES string of the molecule is CCCCC1CCC(C(=O)NCCN)CC1. The van der Waals surface area contributed by atoms with E-state index in [2.05, 4.69) is 12.2 Å². The van der Waals surface area contributed by atoms with Gasteiger partial charge in [0.25, 0.3) is 0 Å². The van der Waals surface area contributed by atoms with Crippen molar-refractivity contribution in [3.63, 3.8) is 0 Å². The van der Waals surface area contributed by atoms with Gasteiger partial charge >= 0.3 is 0 Å². The van der Waals surface area contributed by atoms with Crippen LogP contribution in [-0.4, -0.2) is 19.0 Å². The van der Waals surface area contributed by atoms with E-state index in [-0.39, 0.29) is 11.8 Å². The molecule has 1 aliphatic rings. The molecule has 1 saturated carbocycles. The molecule has 16 heavy (non-hydrogen) atoms. The summed E-state index contributed by atoms with van der Waals surface area (Å²) >= 11 is 0. The Morgan fingerprint density at radius 1 is 1.31 bits per heavy atom. The highest BCUT2D eigenvalue weighted by Gasteiger charge is 2.25. The molecule has 1 amide bonds. The summed E-state index contributed by atoms with van der Waals surface area (Å²) in [5, 5.41) is 2.90. The van der Waals surface area contributed by atoms with Crippen LogP contribution < -0.4 is 11.1 Å². The van der Waals surface area contributed by atoms with E-state index in [9.17, 15) is 4.79 Å².